The predicted molar refractivity (Wildman–Crippen MR) is 114 cm³/mol. The van der Waals surface area contributed by atoms with E-state index in [4.69, 9.17) is 4.74 Å². The van der Waals surface area contributed by atoms with Crippen LogP contribution < -0.4 is 14.8 Å². The van der Waals surface area contributed by atoms with Crippen molar-refractivity contribution >= 4 is 15.9 Å². The van der Waals surface area contributed by atoms with Crippen LogP contribution in [0.5, 0.6) is 5.75 Å². The fourth-order valence-electron chi connectivity index (χ4n) is 2.72. The molecule has 1 heterocycles. The maximum atomic E-state index is 12.8. The van der Waals surface area contributed by atoms with E-state index in [0.29, 0.717) is 11.6 Å². The molecular weight excluding hydrogens is 406 g/mol. The van der Waals surface area contributed by atoms with Gasteiger partial charge in [0.2, 0.25) is 10.0 Å². The Labute approximate surface area is 178 Å². The number of H-pyrrole nitrogens is 1. The Morgan fingerprint density at radius 1 is 1.27 bits per heavy atom. The first kappa shape index (κ1) is 23.8. The minimum absolute atomic E-state index is 0.0982. The second-order valence-electron chi connectivity index (χ2n) is 8.30. The number of hydrogen-bond acceptors (Lipinski definition) is 6. The third-order valence-electron chi connectivity index (χ3n) is 4.49. The molecule has 0 unspecified atom stereocenters. The van der Waals surface area contributed by atoms with Crippen LogP contribution in [0.25, 0.3) is 0 Å². The second kappa shape index (κ2) is 9.13. The molecule has 1 amide bonds. The molecule has 30 heavy (non-hydrogen) atoms. The molecule has 9 nitrogen and oxygen atoms in total. The number of aromatic nitrogens is 3. The van der Waals surface area contributed by atoms with Gasteiger partial charge in [-0.3, -0.25) is 9.89 Å². The van der Waals surface area contributed by atoms with Gasteiger partial charge in [-0.15, -0.1) is 0 Å². The molecule has 0 saturated carbocycles. The van der Waals surface area contributed by atoms with Crippen LogP contribution >= 0.6 is 0 Å². The minimum atomic E-state index is -3.89. The summed E-state index contributed by atoms with van der Waals surface area (Å²) in [6.45, 7) is 11.1. The van der Waals surface area contributed by atoms with Gasteiger partial charge in [-0.1, -0.05) is 13.8 Å². The molecule has 0 bridgehead atoms. The Morgan fingerprint density at radius 3 is 2.50 bits per heavy atom. The van der Waals surface area contributed by atoms with Gasteiger partial charge in [-0.05, 0) is 52.3 Å². The molecule has 0 radical (unpaired) electrons. The monoisotopic (exact) mass is 437 g/mol. The van der Waals surface area contributed by atoms with Crippen molar-refractivity contribution in [3.05, 3.63) is 35.4 Å². The highest BCUT2D eigenvalue weighted by Crippen LogP contribution is 2.26. The lowest BCUT2D eigenvalue weighted by atomic mass is 10.1. The van der Waals surface area contributed by atoms with Crippen molar-refractivity contribution in [2.45, 2.75) is 70.4 Å². The van der Waals surface area contributed by atoms with Crippen molar-refractivity contribution in [2.24, 2.45) is 0 Å². The van der Waals surface area contributed by atoms with Gasteiger partial charge in [0, 0.05) is 17.0 Å². The fraction of sp³-hybridized carbons (Fsp3) is 0.550. The molecule has 0 aliphatic heterocycles. The summed E-state index contributed by atoms with van der Waals surface area (Å²) in [5.41, 5.74) is -0.491. The maximum absolute atomic E-state index is 12.8. The maximum Gasteiger partial charge on any atom is 0.251 e. The zero-order valence-electron chi connectivity index (χ0n) is 18.5. The van der Waals surface area contributed by atoms with E-state index in [1.165, 1.54) is 25.3 Å². The van der Waals surface area contributed by atoms with Gasteiger partial charge in [0.05, 0.1) is 13.2 Å². The molecule has 2 aromatic rings. The van der Waals surface area contributed by atoms with E-state index >= 15 is 0 Å². The van der Waals surface area contributed by atoms with Crippen LogP contribution in [0, 0.1) is 0 Å². The minimum Gasteiger partial charge on any atom is -0.495 e. The Balaban J connectivity index is 2.27. The van der Waals surface area contributed by atoms with Crippen molar-refractivity contribution in [3.63, 3.8) is 0 Å². The molecule has 3 N–H and O–H groups in total. The van der Waals surface area contributed by atoms with Crippen molar-refractivity contribution in [3.8, 4) is 5.75 Å². The quantitative estimate of drug-likeness (QED) is 0.583. The first-order chi connectivity index (χ1) is 13.9. The van der Waals surface area contributed by atoms with Crippen molar-refractivity contribution in [1.29, 1.82) is 0 Å². The third-order valence-corrected chi connectivity index (χ3v) is 6.27. The molecule has 0 fully saturated rings. The van der Waals surface area contributed by atoms with E-state index in [1.54, 1.807) is 27.7 Å². The number of hydrogen-bond donors (Lipinski definition) is 3. The van der Waals surface area contributed by atoms with Crippen molar-refractivity contribution in [2.75, 3.05) is 7.11 Å². The summed E-state index contributed by atoms with van der Waals surface area (Å²) < 4.78 is 33.4. The van der Waals surface area contributed by atoms with E-state index in [9.17, 15) is 13.2 Å². The average Bonchev–Trinajstić information content (AvgIpc) is 3.15. The zero-order chi connectivity index (χ0) is 22.7. The van der Waals surface area contributed by atoms with Crippen LogP contribution in [0.2, 0.25) is 0 Å². The first-order valence-corrected chi connectivity index (χ1v) is 11.3. The van der Waals surface area contributed by atoms with E-state index in [1.807, 2.05) is 6.92 Å². The summed E-state index contributed by atoms with van der Waals surface area (Å²) in [5.74, 6) is 1.17. The Bertz CT molecular complexity index is 995. The number of amides is 1. The number of carbonyl (C=O) groups excluding carboxylic acids is 1. The number of aromatic amines is 1. The van der Waals surface area contributed by atoms with Crippen LogP contribution in [0.1, 0.15) is 81.9 Å². The van der Waals surface area contributed by atoms with Crippen LogP contribution in [0.4, 0.5) is 0 Å². The number of rotatable bonds is 8. The summed E-state index contributed by atoms with van der Waals surface area (Å²) in [4.78, 5) is 17.1. The fourth-order valence-corrected chi connectivity index (χ4v) is 4.33. The number of carbonyl (C=O) groups is 1. The lowest BCUT2D eigenvalue weighted by Gasteiger charge is -2.21. The van der Waals surface area contributed by atoms with E-state index in [0.717, 1.165) is 6.42 Å². The zero-order valence-corrected chi connectivity index (χ0v) is 19.3. The van der Waals surface area contributed by atoms with Gasteiger partial charge in [0.25, 0.3) is 5.91 Å². The molecule has 10 heteroatoms. The molecule has 2 rings (SSSR count). The van der Waals surface area contributed by atoms with Crippen molar-refractivity contribution in [1.82, 2.24) is 25.2 Å². The van der Waals surface area contributed by atoms with Crippen LogP contribution in [-0.4, -0.2) is 42.2 Å². The molecule has 0 aliphatic carbocycles. The SMILES string of the molecule is CC[C@H](C)c1n[nH]c([C@@H](C)NC(=O)c2ccc(OC)c(S(=O)(=O)NC(C)(C)C)c2)n1. The molecule has 0 saturated heterocycles. The second-order valence-corrected chi connectivity index (χ2v) is 9.96. The van der Waals surface area contributed by atoms with Crippen molar-refractivity contribution < 1.29 is 17.9 Å². The van der Waals surface area contributed by atoms with Gasteiger partial charge in [0.1, 0.15) is 16.5 Å². The lowest BCUT2D eigenvalue weighted by Crippen LogP contribution is -2.40. The molecule has 2 atom stereocenters. The summed E-state index contributed by atoms with van der Waals surface area (Å²) in [6, 6.07) is 3.85. The predicted octanol–water partition coefficient (Wildman–Crippen LogP) is 2.89. The number of benzene rings is 1. The summed E-state index contributed by atoms with van der Waals surface area (Å²) in [6.07, 6.45) is 0.906. The molecule has 0 spiro atoms. The molecule has 166 valence electrons. The summed E-state index contributed by atoms with van der Waals surface area (Å²) in [7, 11) is -2.51. The van der Waals surface area contributed by atoms with E-state index in [2.05, 4.69) is 32.1 Å². The lowest BCUT2D eigenvalue weighted by molar-refractivity contribution is 0.0938. The van der Waals surface area contributed by atoms with Crippen LogP contribution in [0.3, 0.4) is 0 Å². The first-order valence-electron chi connectivity index (χ1n) is 9.83. The highest BCUT2D eigenvalue weighted by atomic mass is 32.2. The Kier molecular flexibility index (Phi) is 7.25. The number of methoxy groups -OCH3 is 1. The van der Waals surface area contributed by atoms with Gasteiger partial charge in [-0.2, -0.15) is 5.10 Å². The van der Waals surface area contributed by atoms with E-state index < -0.39 is 27.5 Å². The summed E-state index contributed by atoms with van der Waals surface area (Å²) >= 11 is 0. The van der Waals surface area contributed by atoms with E-state index in [-0.39, 0.29) is 22.1 Å². The standard InChI is InChI=1S/C20H31N5O4S/c1-8-12(2)17-22-18(24-23-17)13(3)21-19(26)14-9-10-15(29-7)16(11-14)30(27,28)25-20(4,5)6/h9-13,25H,8H2,1-7H3,(H,21,26)(H,22,23,24)/t12-,13+/m0/s1. The Morgan fingerprint density at radius 2 is 1.93 bits per heavy atom. The van der Waals surface area contributed by atoms with Gasteiger partial charge >= 0.3 is 0 Å². The average molecular weight is 438 g/mol. The third kappa shape index (κ3) is 5.79. The highest BCUT2D eigenvalue weighted by molar-refractivity contribution is 7.89. The van der Waals surface area contributed by atoms with Gasteiger partial charge in [-0.25, -0.2) is 18.1 Å². The summed E-state index contributed by atoms with van der Waals surface area (Å²) in [5, 5.41) is 9.87. The van der Waals surface area contributed by atoms with Gasteiger partial charge < -0.3 is 10.1 Å². The Hall–Kier alpha value is -2.46. The molecular formula is C20H31N5O4S. The smallest absolute Gasteiger partial charge is 0.251 e. The molecule has 0 aliphatic rings. The normalized spacial score (nSPS) is 14.2. The van der Waals surface area contributed by atoms with Gasteiger partial charge in [0.15, 0.2) is 5.82 Å². The van der Waals surface area contributed by atoms with Crippen LogP contribution in [-0.2, 0) is 10.0 Å². The number of nitrogens with one attached hydrogen (secondary N) is 3. The number of sulfonamides is 1. The molecule has 1 aromatic carbocycles. The highest BCUT2D eigenvalue weighted by Gasteiger charge is 2.27. The van der Waals surface area contributed by atoms with Crippen LogP contribution in [0.15, 0.2) is 23.1 Å². The number of nitrogens with zero attached hydrogens (tertiary/aromatic N) is 2. The topological polar surface area (TPSA) is 126 Å². The molecule has 1 aromatic heterocycles. The number of ether oxygens (including phenoxy) is 1. The largest absolute Gasteiger partial charge is 0.495 e.